The minimum atomic E-state index is -0.811. The molecule has 0 unspecified atom stereocenters. The Kier molecular flexibility index (Phi) is 4.74. The molecule has 1 aromatic rings. The lowest BCUT2D eigenvalue weighted by Crippen LogP contribution is -2.21. The molecule has 1 fully saturated rings. The van der Waals surface area contributed by atoms with E-state index in [0.29, 0.717) is 31.4 Å². The number of anilines is 1. The number of benzene rings is 1. The molecule has 1 aliphatic carbocycles. The van der Waals surface area contributed by atoms with Gasteiger partial charge in [0.25, 0.3) is 0 Å². The molecule has 2 rings (SSSR count). The molecule has 0 radical (unpaired) electrons. The minimum Gasteiger partial charge on any atom is -0.481 e. The van der Waals surface area contributed by atoms with Gasteiger partial charge in [0.2, 0.25) is 5.91 Å². The number of hydrogen-bond donors (Lipinski definition) is 3. The van der Waals surface area contributed by atoms with Crippen LogP contribution in [0.2, 0.25) is 0 Å². The normalized spacial score (nSPS) is 21.6. The first-order valence-electron chi connectivity index (χ1n) is 6.83. The molecule has 5 heteroatoms. The Morgan fingerprint density at radius 1 is 1.15 bits per heavy atom. The van der Waals surface area contributed by atoms with E-state index in [-0.39, 0.29) is 18.4 Å². The van der Waals surface area contributed by atoms with Crippen LogP contribution in [-0.2, 0) is 16.0 Å². The second-order valence-electron chi connectivity index (χ2n) is 5.20. The van der Waals surface area contributed by atoms with E-state index in [1.807, 2.05) is 12.1 Å². The second-order valence-corrected chi connectivity index (χ2v) is 5.20. The summed E-state index contributed by atoms with van der Waals surface area (Å²) in [4.78, 5) is 22.9. The summed E-state index contributed by atoms with van der Waals surface area (Å²) in [5.41, 5.74) is 1.72. The highest BCUT2D eigenvalue weighted by molar-refractivity contribution is 5.93. The van der Waals surface area contributed by atoms with Crippen LogP contribution in [0.5, 0.6) is 0 Å². The van der Waals surface area contributed by atoms with Gasteiger partial charge in [-0.25, -0.2) is 0 Å². The van der Waals surface area contributed by atoms with Gasteiger partial charge in [0.15, 0.2) is 0 Å². The first-order valence-corrected chi connectivity index (χ1v) is 6.83. The summed E-state index contributed by atoms with van der Waals surface area (Å²) < 4.78 is 0. The third-order valence-electron chi connectivity index (χ3n) is 3.77. The van der Waals surface area contributed by atoms with Gasteiger partial charge in [0, 0.05) is 18.2 Å². The summed E-state index contributed by atoms with van der Waals surface area (Å²) in [5.74, 6) is -1.52. The molecular weight excluding hydrogens is 258 g/mol. The predicted molar refractivity (Wildman–Crippen MR) is 74.3 cm³/mol. The van der Waals surface area contributed by atoms with Crippen LogP contribution < -0.4 is 5.32 Å². The Bertz CT molecular complexity index is 483. The Morgan fingerprint density at radius 2 is 1.80 bits per heavy atom. The van der Waals surface area contributed by atoms with Crippen molar-refractivity contribution in [2.75, 3.05) is 11.9 Å². The van der Waals surface area contributed by atoms with Gasteiger partial charge in [-0.3, -0.25) is 9.59 Å². The molecule has 1 aliphatic rings. The summed E-state index contributed by atoms with van der Waals surface area (Å²) in [6.07, 6.45) is 2.22. The van der Waals surface area contributed by atoms with Crippen molar-refractivity contribution in [3.05, 3.63) is 29.8 Å². The molecule has 0 aromatic heterocycles. The number of carboxylic acid groups (broad SMARTS) is 1. The number of aliphatic hydroxyl groups is 1. The number of hydrogen-bond acceptors (Lipinski definition) is 3. The van der Waals surface area contributed by atoms with E-state index in [9.17, 15) is 9.59 Å². The predicted octanol–water partition coefficient (Wildman–Crippen LogP) is 1.66. The van der Waals surface area contributed by atoms with Crippen molar-refractivity contribution in [1.29, 1.82) is 0 Å². The van der Waals surface area contributed by atoms with Crippen molar-refractivity contribution in [3.8, 4) is 0 Å². The van der Waals surface area contributed by atoms with E-state index in [0.717, 1.165) is 5.56 Å². The summed E-state index contributed by atoms with van der Waals surface area (Å²) in [6, 6.07) is 7.32. The van der Waals surface area contributed by atoms with E-state index in [1.165, 1.54) is 0 Å². The number of rotatable bonds is 5. The Balaban J connectivity index is 1.90. The van der Waals surface area contributed by atoms with Gasteiger partial charge in [-0.15, -0.1) is 0 Å². The largest absolute Gasteiger partial charge is 0.481 e. The standard InChI is InChI=1S/C15H19NO4/c17-8-7-10-1-5-13(6-2-10)16-14(18)11-3-4-12(9-11)15(19)20/h1-2,5-6,11-12,17H,3-4,7-9H2,(H,16,18)(H,19,20)/t11-,12+/m1/s1. The van der Waals surface area contributed by atoms with Crippen molar-refractivity contribution in [2.45, 2.75) is 25.7 Å². The molecule has 1 aromatic carbocycles. The lowest BCUT2D eigenvalue weighted by Gasteiger charge is -2.11. The Hall–Kier alpha value is -1.88. The number of nitrogens with one attached hydrogen (secondary N) is 1. The average molecular weight is 277 g/mol. The van der Waals surface area contributed by atoms with Crippen LogP contribution in [0, 0.1) is 11.8 Å². The Morgan fingerprint density at radius 3 is 2.35 bits per heavy atom. The van der Waals surface area contributed by atoms with Gasteiger partial charge in [-0.05, 0) is 43.4 Å². The lowest BCUT2D eigenvalue weighted by atomic mass is 10.0. The molecule has 20 heavy (non-hydrogen) atoms. The quantitative estimate of drug-likeness (QED) is 0.764. The van der Waals surface area contributed by atoms with Crippen molar-refractivity contribution >= 4 is 17.6 Å². The van der Waals surface area contributed by atoms with Crippen LogP contribution >= 0.6 is 0 Å². The molecule has 2 atom stereocenters. The molecule has 0 spiro atoms. The summed E-state index contributed by atoms with van der Waals surface area (Å²) in [7, 11) is 0. The molecule has 0 heterocycles. The third kappa shape index (κ3) is 3.57. The van der Waals surface area contributed by atoms with Crippen LogP contribution in [0.25, 0.3) is 0 Å². The van der Waals surface area contributed by atoms with Crippen LogP contribution in [-0.4, -0.2) is 28.7 Å². The number of carbonyl (C=O) groups excluding carboxylic acids is 1. The minimum absolute atomic E-state index is 0.102. The average Bonchev–Trinajstić information content (AvgIpc) is 2.91. The molecule has 0 aliphatic heterocycles. The van der Waals surface area contributed by atoms with Gasteiger partial charge in [-0.1, -0.05) is 12.1 Å². The molecule has 1 saturated carbocycles. The van der Waals surface area contributed by atoms with Gasteiger partial charge in [0.05, 0.1) is 5.92 Å². The summed E-state index contributed by atoms with van der Waals surface area (Å²) in [6.45, 7) is 0.102. The SMILES string of the molecule is O=C(O)[C@H]1CC[C@@H](C(=O)Nc2ccc(CCO)cc2)C1. The highest BCUT2D eigenvalue weighted by atomic mass is 16.4. The maximum Gasteiger partial charge on any atom is 0.306 e. The van der Waals surface area contributed by atoms with E-state index in [4.69, 9.17) is 10.2 Å². The molecule has 3 N–H and O–H groups in total. The van der Waals surface area contributed by atoms with Crippen LogP contribution in [0.1, 0.15) is 24.8 Å². The van der Waals surface area contributed by atoms with E-state index >= 15 is 0 Å². The Labute approximate surface area is 117 Å². The van der Waals surface area contributed by atoms with Crippen molar-refractivity contribution in [3.63, 3.8) is 0 Å². The maximum absolute atomic E-state index is 12.0. The highest BCUT2D eigenvalue weighted by Gasteiger charge is 2.33. The van der Waals surface area contributed by atoms with Crippen molar-refractivity contribution in [1.82, 2.24) is 0 Å². The van der Waals surface area contributed by atoms with E-state index in [2.05, 4.69) is 5.32 Å². The topological polar surface area (TPSA) is 86.6 Å². The molecule has 5 nitrogen and oxygen atoms in total. The number of aliphatic hydroxyl groups excluding tert-OH is 1. The van der Waals surface area contributed by atoms with E-state index in [1.54, 1.807) is 12.1 Å². The molecule has 0 bridgehead atoms. The number of carbonyl (C=O) groups is 2. The fourth-order valence-corrected chi connectivity index (χ4v) is 2.57. The molecule has 108 valence electrons. The number of amides is 1. The second kappa shape index (κ2) is 6.52. The van der Waals surface area contributed by atoms with Gasteiger partial charge < -0.3 is 15.5 Å². The first-order chi connectivity index (χ1) is 9.60. The van der Waals surface area contributed by atoms with Crippen molar-refractivity contribution < 1.29 is 19.8 Å². The fourth-order valence-electron chi connectivity index (χ4n) is 2.57. The number of carboxylic acids is 1. The monoisotopic (exact) mass is 277 g/mol. The van der Waals surface area contributed by atoms with Crippen molar-refractivity contribution in [2.24, 2.45) is 11.8 Å². The smallest absolute Gasteiger partial charge is 0.306 e. The van der Waals surface area contributed by atoms with Crippen LogP contribution in [0.15, 0.2) is 24.3 Å². The van der Waals surface area contributed by atoms with Crippen LogP contribution in [0.3, 0.4) is 0 Å². The van der Waals surface area contributed by atoms with Crippen LogP contribution in [0.4, 0.5) is 5.69 Å². The lowest BCUT2D eigenvalue weighted by molar-refractivity contribution is -0.141. The third-order valence-corrected chi connectivity index (χ3v) is 3.77. The van der Waals surface area contributed by atoms with E-state index < -0.39 is 11.9 Å². The molecule has 1 amide bonds. The number of aliphatic carboxylic acids is 1. The molecule has 0 saturated heterocycles. The highest BCUT2D eigenvalue weighted by Crippen LogP contribution is 2.31. The fraction of sp³-hybridized carbons (Fsp3) is 0.467. The zero-order valence-electron chi connectivity index (χ0n) is 11.2. The van der Waals surface area contributed by atoms with Gasteiger partial charge in [0.1, 0.15) is 0 Å². The summed E-state index contributed by atoms with van der Waals surface area (Å²) in [5, 5.41) is 20.6. The first kappa shape index (κ1) is 14.5. The maximum atomic E-state index is 12.0. The van der Waals surface area contributed by atoms with Gasteiger partial charge in [-0.2, -0.15) is 0 Å². The van der Waals surface area contributed by atoms with Gasteiger partial charge >= 0.3 is 5.97 Å². The zero-order valence-corrected chi connectivity index (χ0v) is 11.2. The molecular formula is C15H19NO4. The summed E-state index contributed by atoms with van der Waals surface area (Å²) >= 11 is 0. The zero-order chi connectivity index (χ0) is 14.5.